The van der Waals surface area contributed by atoms with Gasteiger partial charge >= 0.3 is 0 Å². The average molecular weight is 220 g/mol. The zero-order valence-corrected chi connectivity index (χ0v) is 9.50. The summed E-state index contributed by atoms with van der Waals surface area (Å²) >= 11 is 0. The van der Waals surface area contributed by atoms with E-state index in [9.17, 15) is 0 Å². The van der Waals surface area contributed by atoms with Gasteiger partial charge in [-0.25, -0.2) is 4.52 Å². The predicted molar refractivity (Wildman–Crippen MR) is 61.0 cm³/mol. The van der Waals surface area contributed by atoms with Crippen LogP contribution < -0.4 is 5.73 Å². The van der Waals surface area contributed by atoms with Crippen molar-refractivity contribution in [2.75, 3.05) is 6.61 Å². The highest BCUT2D eigenvalue weighted by atomic mass is 16.5. The maximum Gasteiger partial charge on any atom is 0.0893 e. The van der Waals surface area contributed by atoms with Gasteiger partial charge in [-0.15, -0.1) is 0 Å². The minimum absolute atomic E-state index is 0.163. The first-order chi connectivity index (χ1) is 7.68. The van der Waals surface area contributed by atoms with E-state index in [-0.39, 0.29) is 12.1 Å². The van der Waals surface area contributed by atoms with E-state index in [1.165, 1.54) is 0 Å². The van der Waals surface area contributed by atoms with Crippen LogP contribution in [0.3, 0.4) is 0 Å². The van der Waals surface area contributed by atoms with Crippen LogP contribution in [-0.2, 0) is 4.74 Å². The molecule has 0 aliphatic rings. The molecule has 5 heteroatoms. The molecule has 0 saturated heterocycles. The molecule has 0 amide bonds. The van der Waals surface area contributed by atoms with E-state index >= 15 is 0 Å². The van der Waals surface area contributed by atoms with Crippen molar-refractivity contribution in [3.63, 3.8) is 0 Å². The summed E-state index contributed by atoms with van der Waals surface area (Å²) in [6, 6.07) is -0.163. The zero-order valence-electron chi connectivity index (χ0n) is 9.50. The van der Waals surface area contributed by atoms with Gasteiger partial charge in [0, 0.05) is 18.0 Å². The topological polar surface area (TPSA) is 65.4 Å². The number of nitrogens with two attached hydrogens (primary N) is 1. The number of hydrogen-bond acceptors (Lipinski definition) is 4. The summed E-state index contributed by atoms with van der Waals surface area (Å²) in [6.45, 7) is 4.47. The third-order valence-electron chi connectivity index (χ3n) is 2.36. The molecule has 2 aromatic rings. The summed E-state index contributed by atoms with van der Waals surface area (Å²) in [5.41, 5.74) is 7.95. The normalized spacial score (nSPS) is 13.5. The van der Waals surface area contributed by atoms with Crippen LogP contribution in [0.5, 0.6) is 0 Å². The van der Waals surface area contributed by atoms with Gasteiger partial charge in [0.05, 0.1) is 36.7 Å². The predicted octanol–water partition coefficient (Wildman–Crippen LogP) is 1.15. The Morgan fingerprint density at radius 3 is 3.00 bits per heavy atom. The highest BCUT2D eigenvalue weighted by Crippen LogP contribution is 2.16. The molecule has 1 unspecified atom stereocenters. The number of fused-ring (bicyclic) bond motifs is 1. The lowest BCUT2D eigenvalue weighted by molar-refractivity contribution is 0.0685. The van der Waals surface area contributed by atoms with Crippen LogP contribution in [0.2, 0.25) is 0 Å². The van der Waals surface area contributed by atoms with Crippen LogP contribution in [0.25, 0.3) is 5.52 Å². The first-order valence-electron chi connectivity index (χ1n) is 5.33. The van der Waals surface area contributed by atoms with Crippen LogP contribution in [0.1, 0.15) is 25.5 Å². The summed E-state index contributed by atoms with van der Waals surface area (Å²) in [6.07, 6.45) is 7.21. The molecule has 0 radical (unpaired) electrons. The van der Waals surface area contributed by atoms with Crippen LogP contribution >= 0.6 is 0 Å². The monoisotopic (exact) mass is 220 g/mol. The Labute approximate surface area is 94.2 Å². The molecular formula is C11H16N4O. The number of nitrogens with zero attached hydrogens (tertiary/aromatic N) is 3. The minimum atomic E-state index is -0.163. The summed E-state index contributed by atoms with van der Waals surface area (Å²) in [5, 5.41) is 4.21. The van der Waals surface area contributed by atoms with Crippen LogP contribution in [0, 0.1) is 0 Å². The molecule has 0 saturated carbocycles. The quantitative estimate of drug-likeness (QED) is 0.839. The van der Waals surface area contributed by atoms with Gasteiger partial charge in [0.2, 0.25) is 0 Å². The van der Waals surface area contributed by atoms with Crippen LogP contribution in [-0.4, -0.2) is 27.3 Å². The lowest BCUT2D eigenvalue weighted by atomic mass is 10.1. The van der Waals surface area contributed by atoms with Crippen molar-refractivity contribution in [2.24, 2.45) is 5.73 Å². The molecule has 0 aliphatic heterocycles. The Bertz CT molecular complexity index is 466. The molecular weight excluding hydrogens is 204 g/mol. The Morgan fingerprint density at radius 1 is 1.44 bits per heavy atom. The lowest BCUT2D eigenvalue weighted by Crippen LogP contribution is -2.19. The van der Waals surface area contributed by atoms with E-state index < -0.39 is 0 Å². The molecule has 2 N–H and O–H groups in total. The van der Waals surface area contributed by atoms with E-state index in [0.29, 0.717) is 6.61 Å². The third kappa shape index (κ3) is 2.20. The van der Waals surface area contributed by atoms with Gasteiger partial charge in [0.1, 0.15) is 0 Å². The average Bonchev–Trinajstić information content (AvgIpc) is 2.69. The Kier molecular flexibility index (Phi) is 3.17. The number of aromatic nitrogens is 3. The second kappa shape index (κ2) is 4.59. The van der Waals surface area contributed by atoms with Crippen LogP contribution in [0.4, 0.5) is 0 Å². The van der Waals surface area contributed by atoms with Crippen molar-refractivity contribution < 1.29 is 4.74 Å². The van der Waals surface area contributed by atoms with Gasteiger partial charge in [-0.05, 0) is 13.8 Å². The molecule has 2 rings (SSSR count). The highest BCUT2D eigenvalue weighted by Gasteiger charge is 2.12. The van der Waals surface area contributed by atoms with Crippen molar-refractivity contribution in [1.82, 2.24) is 14.6 Å². The second-order valence-electron chi connectivity index (χ2n) is 3.99. The summed E-state index contributed by atoms with van der Waals surface area (Å²) in [7, 11) is 0. The van der Waals surface area contributed by atoms with Crippen molar-refractivity contribution >= 4 is 5.52 Å². The molecule has 0 aromatic carbocycles. The molecule has 2 aromatic heterocycles. The van der Waals surface area contributed by atoms with Crippen molar-refractivity contribution in [3.05, 3.63) is 30.4 Å². The van der Waals surface area contributed by atoms with Crippen molar-refractivity contribution in [2.45, 2.75) is 26.0 Å². The zero-order chi connectivity index (χ0) is 11.5. The molecule has 0 aliphatic carbocycles. The third-order valence-corrected chi connectivity index (χ3v) is 2.36. The van der Waals surface area contributed by atoms with Crippen molar-refractivity contribution in [1.29, 1.82) is 0 Å². The standard InChI is InChI=1S/C11H16N4O/c1-8(2)16-7-10(12)9-5-14-15-4-3-13-6-11(9)15/h3-6,8,10H,7,12H2,1-2H3. The van der Waals surface area contributed by atoms with Crippen molar-refractivity contribution in [3.8, 4) is 0 Å². The number of hydrogen-bond donors (Lipinski definition) is 1. The van der Waals surface area contributed by atoms with Gasteiger partial charge in [-0.1, -0.05) is 0 Å². The van der Waals surface area contributed by atoms with Gasteiger partial charge in [-0.3, -0.25) is 4.98 Å². The van der Waals surface area contributed by atoms with Gasteiger partial charge in [0.25, 0.3) is 0 Å². The highest BCUT2D eigenvalue weighted by molar-refractivity contribution is 5.53. The van der Waals surface area contributed by atoms with Gasteiger partial charge < -0.3 is 10.5 Å². The van der Waals surface area contributed by atoms with Gasteiger partial charge in [0.15, 0.2) is 0 Å². The van der Waals surface area contributed by atoms with E-state index in [2.05, 4.69) is 10.1 Å². The SMILES string of the molecule is CC(C)OCC(N)c1cnn2ccncc12. The molecule has 16 heavy (non-hydrogen) atoms. The fourth-order valence-corrected chi connectivity index (χ4v) is 1.52. The maximum absolute atomic E-state index is 6.05. The molecule has 0 spiro atoms. The van der Waals surface area contributed by atoms with E-state index in [1.807, 2.05) is 13.8 Å². The molecule has 0 bridgehead atoms. The molecule has 1 atom stereocenters. The fourth-order valence-electron chi connectivity index (χ4n) is 1.52. The molecule has 2 heterocycles. The summed E-state index contributed by atoms with van der Waals surface area (Å²) in [5.74, 6) is 0. The van der Waals surface area contributed by atoms with Gasteiger partial charge in [-0.2, -0.15) is 5.10 Å². The van der Waals surface area contributed by atoms with E-state index in [4.69, 9.17) is 10.5 Å². The summed E-state index contributed by atoms with van der Waals surface area (Å²) in [4.78, 5) is 4.07. The second-order valence-corrected chi connectivity index (χ2v) is 3.99. The van der Waals surface area contributed by atoms with Crippen LogP contribution in [0.15, 0.2) is 24.8 Å². The maximum atomic E-state index is 6.05. The van der Waals surface area contributed by atoms with E-state index in [0.717, 1.165) is 11.1 Å². The largest absolute Gasteiger partial charge is 0.377 e. The molecule has 86 valence electrons. The number of rotatable bonds is 4. The fraction of sp³-hybridized carbons (Fsp3) is 0.455. The smallest absolute Gasteiger partial charge is 0.0893 e. The molecule has 5 nitrogen and oxygen atoms in total. The first-order valence-corrected chi connectivity index (χ1v) is 5.33. The Morgan fingerprint density at radius 2 is 2.25 bits per heavy atom. The summed E-state index contributed by atoms with van der Waals surface area (Å²) < 4.78 is 7.26. The first kappa shape index (κ1) is 11.0. The Balaban J connectivity index is 2.19. The molecule has 0 fully saturated rings. The van der Waals surface area contributed by atoms with E-state index in [1.54, 1.807) is 29.3 Å². The lowest BCUT2D eigenvalue weighted by Gasteiger charge is -2.13. The Hall–Kier alpha value is -1.46. The minimum Gasteiger partial charge on any atom is -0.377 e. The number of ether oxygens (including phenoxy) is 1.